The monoisotopic (exact) mass is 170 g/mol. The lowest BCUT2D eigenvalue weighted by Crippen LogP contribution is -2.19. The molecule has 0 amide bonds. The van der Waals surface area contributed by atoms with Gasteiger partial charge in [0.25, 0.3) is 0 Å². The molecule has 0 saturated carbocycles. The topological polar surface area (TPSA) is 18.5 Å². The second kappa shape index (κ2) is 3.94. The molecule has 0 spiro atoms. The number of hydrogen-bond donors (Lipinski definition) is 0. The van der Waals surface area contributed by atoms with Crippen molar-refractivity contribution in [2.75, 3.05) is 0 Å². The van der Waals surface area contributed by atoms with Crippen molar-refractivity contribution in [2.45, 2.75) is 52.1 Å². The van der Waals surface area contributed by atoms with E-state index in [1.165, 1.54) is 12.8 Å². The Morgan fingerprint density at radius 2 is 2.00 bits per heavy atom. The summed E-state index contributed by atoms with van der Waals surface area (Å²) in [5, 5.41) is 0. The van der Waals surface area contributed by atoms with E-state index in [4.69, 9.17) is 9.78 Å². The molecule has 0 heterocycles. The van der Waals surface area contributed by atoms with Gasteiger partial charge in [-0.3, -0.25) is 0 Å². The van der Waals surface area contributed by atoms with E-state index in [0.717, 1.165) is 18.6 Å². The Hall–Kier alpha value is -0.500. The highest BCUT2D eigenvalue weighted by Crippen LogP contribution is 2.20. The predicted molar refractivity (Wildman–Crippen MR) is 48.5 cm³/mol. The van der Waals surface area contributed by atoms with Gasteiger partial charge in [-0.1, -0.05) is 0 Å². The van der Waals surface area contributed by atoms with E-state index in [-0.39, 0.29) is 5.60 Å². The van der Waals surface area contributed by atoms with Crippen LogP contribution in [0.5, 0.6) is 0 Å². The lowest BCUT2D eigenvalue weighted by atomic mass is 10.1. The van der Waals surface area contributed by atoms with Gasteiger partial charge in [-0.25, -0.2) is 0 Å². The highest BCUT2D eigenvalue weighted by Gasteiger charge is 2.14. The first kappa shape index (κ1) is 9.59. The van der Waals surface area contributed by atoms with Gasteiger partial charge in [-0.05, 0) is 46.1 Å². The minimum Gasteiger partial charge on any atom is -0.342 e. The number of hydrogen-bond acceptors (Lipinski definition) is 2. The van der Waals surface area contributed by atoms with E-state index in [2.05, 4.69) is 6.08 Å². The molecule has 0 aromatic carbocycles. The molecule has 70 valence electrons. The van der Waals surface area contributed by atoms with Crippen LogP contribution < -0.4 is 0 Å². The standard InChI is InChI=1S/C10H18O2/c1-10(2,3)12-11-9-7-5-4-6-8-9/h7H,4-6,8H2,1-3H3. The van der Waals surface area contributed by atoms with Crippen molar-refractivity contribution >= 4 is 0 Å². The predicted octanol–water partition coefficient (Wildman–Crippen LogP) is 3.19. The lowest BCUT2D eigenvalue weighted by molar-refractivity contribution is -0.323. The Morgan fingerprint density at radius 3 is 2.50 bits per heavy atom. The third kappa shape index (κ3) is 3.77. The van der Waals surface area contributed by atoms with Gasteiger partial charge in [0.05, 0.1) is 0 Å². The van der Waals surface area contributed by atoms with Crippen LogP contribution in [0.2, 0.25) is 0 Å². The summed E-state index contributed by atoms with van der Waals surface area (Å²) in [6.45, 7) is 5.95. The molecule has 0 unspecified atom stereocenters. The summed E-state index contributed by atoms with van der Waals surface area (Å²) in [5.74, 6) is 0.996. The van der Waals surface area contributed by atoms with Gasteiger partial charge in [-0.2, -0.15) is 4.89 Å². The van der Waals surface area contributed by atoms with E-state index >= 15 is 0 Å². The van der Waals surface area contributed by atoms with Crippen LogP contribution in [0.3, 0.4) is 0 Å². The van der Waals surface area contributed by atoms with Gasteiger partial charge in [-0.15, -0.1) is 0 Å². The van der Waals surface area contributed by atoms with Gasteiger partial charge in [0.15, 0.2) is 0 Å². The molecule has 0 N–H and O–H groups in total. The lowest BCUT2D eigenvalue weighted by Gasteiger charge is -2.20. The van der Waals surface area contributed by atoms with Gasteiger partial charge in [0, 0.05) is 6.42 Å². The van der Waals surface area contributed by atoms with Crippen LogP contribution in [0.15, 0.2) is 11.8 Å². The van der Waals surface area contributed by atoms with Crippen LogP contribution >= 0.6 is 0 Å². The van der Waals surface area contributed by atoms with Gasteiger partial charge >= 0.3 is 0 Å². The Balaban J connectivity index is 2.26. The molecular formula is C10H18O2. The zero-order valence-corrected chi connectivity index (χ0v) is 8.22. The fourth-order valence-corrected chi connectivity index (χ4v) is 1.06. The molecule has 1 rings (SSSR count). The SMILES string of the molecule is CC(C)(C)OOC1=CCCCC1. The van der Waals surface area contributed by atoms with E-state index in [9.17, 15) is 0 Å². The van der Waals surface area contributed by atoms with Crippen LogP contribution in [0.25, 0.3) is 0 Å². The molecule has 2 heteroatoms. The van der Waals surface area contributed by atoms with Crippen molar-refractivity contribution < 1.29 is 9.78 Å². The van der Waals surface area contributed by atoms with Crippen LogP contribution in [0.4, 0.5) is 0 Å². The molecule has 0 bridgehead atoms. The van der Waals surface area contributed by atoms with Crippen molar-refractivity contribution in [3.8, 4) is 0 Å². The number of allylic oxidation sites excluding steroid dienone is 2. The van der Waals surface area contributed by atoms with Crippen molar-refractivity contribution in [3.05, 3.63) is 11.8 Å². The molecule has 0 aromatic rings. The van der Waals surface area contributed by atoms with Crippen LogP contribution in [0.1, 0.15) is 46.5 Å². The first-order valence-corrected chi connectivity index (χ1v) is 4.63. The van der Waals surface area contributed by atoms with E-state index in [1.54, 1.807) is 0 Å². The van der Waals surface area contributed by atoms with Gasteiger partial charge < -0.3 is 4.89 Å². The highest BCUT2D eigenvalue weighted by atomic mass is 17.2. The quantitative estimate of drug-likeness (QED) is 0.468. The van der Waals surface area contributed by atoms with Crippen molar-refractivity contribution in [1.29, 1.82) is 0 Å². The maximum Gasteiger partial charge on any atom is 0.138 e. The summed E-state index contributed by atoms with van der Waals surface area (Å²) in [6.07, 6.45) is 6.77. The minimum atomic E-state index is -0.210. The highest BCUT2D eigenvalue weighted by molar-refractivity contribution is 4.95. The normalized spacial score (nSPS) is 18.8. The third-order valence-electron chi connectivity index (χ3n) is 1.65. The van der Waals surface area contributed by atoms with Crippen molar-refractivity contribution in [3.63, 3.8) is 0 Å². The summed E-state index contributed by atoms with van der Waals surface area (Å²) in [7, 11) is 0. The molecule has 1 aliphatic rings. The maximum atomic E-state index is 5.21. The molecule has 0 saturated heterocycles. The minimum absolute atomic E-state index is 0.210. The van der Waals surface area contributed by atoms with Gasteiger partial charge in [0.1, 0.15) is 11.4 Å². The fourth-order valence-electron chi connectivity index (χ4n) is 1.06. The first-order chi connectivity index (χ1) is 5.58. The molecule has 0 aliphatic heterocycles. The molecule has 0 radical (unpaired) electrons. The molecule has 2 nitrogen and oxygen atoms in total. The summed E-state index contributed by atoms with van der Waals surface area (Å²) in [4.78, 5) is 10.4. The largest absolute Gasteiger partial charge is 0.342 e. The number of rotatable bonds is 2. The third-order valence-corrected chi connectivity index (χ3v) is 1.65. The van der Waals surface area contributed by atoms with Gasteiger partial charge in [0.2, 0.25) is 0 Å². The van der Waals surface area contributed by atoms with E-state index in [1.807, 2.05) is 20.8 Å². The Morgan fingerprint density at radius 1 is 1.25 bits per heavy atom. The summed E-state index contributed by atoms with van der Waals surface area (Å²) >= 11 is 0. The first-order valence-electron chi connectivity index (χ1n) is 4.63. The fraction of sp³-hybridized carbons (Fsp3) is 0.800. The zero-order chi connectivity index (χ0) is 9.03. The second-order valence-corrected chi connectivity index (χ2v) is 4.20. The summed E-state index contributed by atoms with van der Waals surface area (Å²) in [5.41, 5.74) is -0.210. The molecule has 0 aromatic heterocycles. The van der Waals surface area contributed by atoms with E-state index in [0.29, 0.717) is 0 Å². The molecule has 12 heavy (non-hydrogen) atoms. The second-order valence-electron chi connectivity index (χ2n) is 4.20. The smallest absolute Gasteiger partial charge is 0.138 e. The van der Waals surface area contributed by atoms with Crippen LogP contribution in [0, 0.1) is 0 Å². The summed E-state index contributed by atoms with van der Waals surface area (Å²) in [6, 6.07) is 0. The molecule has 0 fully saturated rings. The van der Waals surface area contributed by atoms with E-state index < -0.39 is 0 Å². The average molecular weight is 170 g/mol. The Kier molecular flexibility index (Phi) is 3.15. The Bertz CT molecular complexity index is 165. The molecular weight excluding hydrogens is 152 g/mol. The van der Waals surface area contributed by atoms with Crippen molar-refractivity contribution in [1.82, 2.24) is 0 Å². The summed E-state index contributed by atoms with van der Waals surface area (Å²) < 4.78 is 0. The van der Waals surface area contributed by atoms with Crippen molar-refractivity contribution in [2.24, 2.45) is 0 Å². The van der Waals surface area contributed by atoms with Crippen LogP contribution in [-0.2, 0) is 9.78 Å². The van der Waals surface area contributed by atoms with Crippen LogP contribution in [-0.4, -0.2) is 5.60 Å². The molecule has 0 atom stereocenters. The maximum absolute atomic E-state index is 5.21. The molecule has 1 aliphatic carbocycles. The Labute approximate surface area is 74.5 Å². The zero-order valence-electron chi connectivity index (χ0n) is 8.22. The average Bonchev–Trinajstić information content (AvgIpc) is 2.02.